The lowest BCUT2D eigenvalue weighted by atomic mass is 10.2. The molecule has 0 aliphatic carbocycles. The predicted octanol–water partition coefficient (Wildman–Crippen LogP) is 2.72. The second kappa shape index (κ2) is 7.04. The van der Waals surface area contributed by atoms with Crippen molar-refractivity contribution in [2.45, 2.75) is 6.92 Å². The van der Waals surface area contributed by atoms with Crippen LogP contribution in [-0.2, 0) is 0 Å². The number of aromatic nitrogens is 2. The Labute approximate surface area is 128 Å². The molecule has 0 saturated heterocycles. The number of amides is 1. The summed E-state index contributed by atoms with van der Waals surface area (Å²) in [6.45, 7) is 9.66. The van der Waals surface area contributed by atoms with E-state index in [4.69, 9.17) is 11.3 Å². The van der Waals surface area contributed by atoms with E-state index >= 15 is 0 Å². The predicted molar refractivity (Wildman–Crippen MR) is 83.4 cm³/mol. The van der Waals surface area contributed by atoms with Gasteiger partial charge in [-0.05, 0) is 19.1 Å². The van der Waals surface area contributed by atoms with E-state index in [0.717, 1.165) is 0 Å². The quantitative estimate of drug-likeness (QED) is 0.829. The van der Waals surface area contributed by atoms with Gasteiger partial charge in [-0.15, -0.1) is 5.10 Å². The monoisotopic (exact) mass is 297 g/mol. The highest BCUT2D eigenvalue weighted by Gasteiger charge is 2.11. The standard InChI is InChI=1S/C15H15N5O2/c1-4-17-13-8-11(16-2)5-6-12(13)19-15(21)10-7-14(22-3)20-18-9-10/h5-9,17H,4H2,1,3H3,(H,19,21). The van der Waals surface area contributed by atoms with Crippen LogP contribution in [0.1, 0.15) is 17.3 Å². The number of benzene rings is 1. The third-order valence-corrected chi connectivity index (χ3v) is 2.85. The Balaban J connectivity index is 2.25. The third kappa shape index (κ3) is 3.49. The minimum Gasteiger partial charge on any atom is -0.480 e. The summed E-state index contributed by atoms with van der Waals surface area (Å²) in [6.07, 6.45) is 1.36. The molecule has 0 unspecified atom stereocenters. The first-order valence-corrected chi connectivity index (χ1v) is 6.61. The summed E-state index contributed by atoms with van der Waals surface area (Å²) >= 11 is 0. The van der Waals surface area contributed by atoms with Crippen molar-refractivity contribution in [3.05, 3.63) is 47.4 Å². The van der Waals surface area contributed by atoms with E-state index in [1.807, 2.05) is 6.92 Å². The van der Waals surface area contributed by atoms with Crippen LogP contribution < -0.4 is 15.4 Å². The van der Waals surface area contributed by atoms with E-state index in [9.17, 15) is 4.79 Å². The maximum Gasteiger partial charge on any atom is 0.257 e. The number of anilines is 2. The summed E-state index contributed by atoms with van der Waals surface area (Å²) in [5, 5.41) is 13.3. The van der Waals surface area contributed by atoms with Gasteiger partial charge in [0.2, 0.25) is 5.88 Å². The number of hydrogen-bond acceptors (Lipinski definition) is 5. The molecule has 0 radical (unpaired) electrons. The second-order valence-electron chi connectivity index (χ2n) is 4.31. The number of rotatable bonds is 5. The van der Waals surface area contributed by atoms with Crippen LogP contribution in [0, 0.1) is 6.57 Å². The Morgan fingerprint density at radius 3 is 2.86 bits per heavy atom. The first-order valence-electron chi connectivity index (χ1n) is 6.61. The molecular formula is C15H15N5O2. The third-order valence-electron chi connectivity index (χ3n) is 2.85. The molecule has 0 atom stereocenters. The Bertz CT molecular complexity index is 724. The average Bonchev–Trinajstić information content (AvgIpc) is 2.56. The van der Waals surface area contributed by atoms with Gasteiger partial charge in [-0.25, -0.2) is 4.85 Å². The van der Waals surface area contributed by atoms with Crippen molar-refractivity contribution in [2.75, 3.05) is 24.3 Å². The molecule has 7 heteroatoms. The van der Waals surface area contributed by atoms with Crippen molar-refractivity contribution in [3.8, 4) is 5.88 Å². The number of methoxy groups -OCH3 is 1. The molecule has 0 fully saturated rings. The molecule has 1 aromatic carbocycles. The lowest BCUT2D eigenvalue weighted by Gasteiger charge is -2.12. The maximum absolute atomic E-state index is 12.3. The minimum absolute atomic E-state index is 0.267. The summed E-state index contributed by atoms with van der Waals surface area (Å²) in [5.74, 6) is -0.0640. The molecule has 2 rings (SSSR count). The van der Waals surface area contributed by atoms with E-state index in [-0.39, 0.29) is 11.8 Å². The largest absolute Gasteiger partial charge is 0.480 e. The van der Waals surface area contributed by atoms with Crippen molar-refractivity contribution in [2.24, 2.45) is 0 Å². The van der Waals surface area contributed by atoms with E-state index in [2.05, 4.69) is 25.7 Å². The lowest BCUT2D eigenvalue weighted by molar-refractivity contribution is 0.102. The molecule has 1 amide bonds. The molecular weight excluding hydrogens is 282 g/mol. The molecule has 0 aliphatic heterocycles. The van der Waals surface area contributed by atoms with Crippen LogP contribution in [0.25, 0.3) is 4.85 Å². The van der Waals surface area contributed by atoms with E-state index in [1.165, 1.54) is 19.4 Å². The number of nitrogens with one attached hydrogen (secondary N) is 2. The van der Waals surface area contributed by atoms with Crippen molar-refractivity contribution in [1.82, 2.24) is 10.2 Å². The smallest absolute Gasteiger partial charge is 0.257 e. The van der Waals surface area contributed by atoms with Gasteiger partial charge in [0, 0.05) is 18.3 Å². The Morgan fingerprint density at radius 2 is 2.18 bits per heavy atom. The molecule has 0 spiro atoms. The Hall–Kier alpha value is -3.14. The highest BCUT2D eigenvalue weighted by Crippen LogP contribution is 2.27. The van der Waals surface area contributed by atoms with Gasteiger partial charge in [0.1, 0.15) is 0 Å². The summed E-state index contributed by atoms with van der Waals surface area (Å²) in [6, 6.07) is 6.53. The molecule has 0 aliphatic rings. The van der Waals surface area contributed by atoms with Crippen LogP contribution in [0.4, 0.5) is 17.1 Å². The van der Waals surface area contributed by atoms with E-state index in [1.54, 1.807) is 18.2 Å². The first-order chi connectivity index (χ1) is 10.7. The minimum atomic E-state index is -0.331. The fraction of sp³-hybridized carbons (Fsp3) is 0.200. The van der Waals surface area contributed by atoms with Crippen molar-refractivity contribution < 1.29 is 9.53 Å². The summed E-state index contributed by atoms with van der Waals surface area (Å²) in [4.78, 5) is 15.6. The molecule has 2 aromatic rings. The molecule has 0 saturated carbocycles. The summed E-state index contributed by atoms with van der Waals surface area (Å²) < 4.78 is 4.95. The number of ether oxygens (including phenoxy) is 1. The van der Waals surface area contributed by atoms with E-state index < -0.39 is 0 Å². The summed E-state index contributed by atoms with van der Waals surface area (Å²) in [7, 11) is 1.46. The Morgan fingerprint density at radius 1 is 1.36 bits per heavy atom. The molecule has 112 valence electrons. The van der Waals surface area contributed by atoms with Crippen LogP contribution in [0.2, 0.25) is 0 Å². The number of nitrogens with zero attached hydrogens (tertiary/aromatic N) is 3. The number of hydrogen-bond donors (Lipinski definition) is 2. The van der Waals surface area contributed by atoms with E-state index in [0.29, 0.717) is 29.2 Å². The number of carbonyl (C=O) groups excluding carboxylic acids is 1. The fourth-order valence-electron chi connectivity index (χ4n) is 1.81. The van der Waals surface area contributed by atoms with Gasteiger partial charge in [-0.1, -0.05) is 6.07 Å². The van der Waals surface area contributed by atoms with Gasteiger partial charge >= 0.3 is 0 Å². The van der Waals surface area contributed by atoms with Gasteiger partial charge in [0.15, 0.2) is 5.69 Å². The Kier molecular flexibility index (Phi) is 4.88. The van der Waals surface area contributed by atoms with Crippen molar-refractivity contribution in [1.29, 1.82) is 0 Å². The highest BCUT2D eigenvalue weighted by atomic mass is 16.5. The van der Waals surface area contributed by atoms with Crippen molar-refractivity contribution >= 4 is 23.0 Å². The van der Waals surface area contributed by atoms with Crippen LogP contribution in [0.15, 0.2) is 30.5 Å². The molecule has 7 nitrogen and oxygen atoms in total. The van der Waals surface area contributed by atoms with Crippen LogP contribution >= 0.6 is 0 Å². The van der Waals surface area contributed by atoms with Gasteiger partial charge in [0.25, 0.3) is 5.91 Å². The van der Waals surface area contributed by atoms with Crippen molar-refractivity contribution in [3.63, 3.8) is 0 Å². The SMILES string of the molecule is [C-]#[N+]c1ccc(NC(=O)c2cnnc(OC)c2)c(NCC)c1. The zero-order valence-corrected chi connectivity index (χ0v) is 12.3. The average molecular weight is 297 g/mol. The van der Waals surface area contributed by atoms with Gasteiger partial charge in [-0.2, -0.15) is 5.10 Å². The zero-order valence-electron chi connectivity index (χ0n) is 12.3. The number of carbonyl (C=O) groups is 1. The topological polar surface area (TPSA) is 80.5 Å². The lowest BCUT2D eigenvalue weighted by Crippen LogP contribution is -2.14. The normalized spacial score (nSPS) is 9.68. The van der Waals surface area contributed by atoms with Gasteiger partial charge in [-0.3, -0.25) is 4.79 Å². The first kappa shape index (κ1) is 15.3. The summed E-state index contributed by atoms with van der Waals surface area (Å²) in [5.41, 5.74) is 2.12. The van der Waals surface area contributed by atoms with Gasteiger partial charge in [0.05, 0.1) is 31.1 Å². The van der Waals surface area contributed by atoms with Crippen LogP contribution in [-0.4, -0.2) is 29.8 Å². The maximum atomic E-state index is 12.3. The molecule has 2 N–H and O–H groups in total. The molecule has 22 heavy (non-hydrogen) atoms. The van der Waals surface area contributed by atoms with Gasteiger partial charge < -0.3 is 15.4 Å². The highest BCUT2D eigenvalue weighted by molar-refractivity contribution is 6.06. The molecule has 0 bridgehead atoms. The van der Waals surface area contributed by atoms with Crippen LogP contribution in [0.3, 0.4) is 0 Å². The zero-order chi connectivity index (χ0) is 15.9. The molecule has 1 heterocycles. The fourth-order valence-corrected chi connectivity index (χ4v) is 1.81. The second-order valence-corrected chi connectivity index (χ2v) is 4.31. The molecule has 1 aromatic heterocycles. The van der Waals surface area contributed by atoms with Crippen LogP contribution in [0.5, 0.6) is 5.88 Å².